The Morgan fingerprint density at radius 3 is 2.39 bits per heavy atom. The zero-order chi connectivity index (χ0) is 19.7. The molecule has 0 amide bonds. The lowest BCUT2D eigenvalue weighted by Gasteiger charge is -2.44. The predicted molar refractivity (Wildman–Crippen MR) is 108 cm³/mol. The van der Waals surface area contributed by atoms with Crippen molar-refractivity contribution in [3.8, 4) is 18.2 Å². The van der Waals surface area contributed by atoms with E-state index in [9.17, 15) is 15.8 Å². The first-order valence-electron chi connectivity index (χ1n) is 9.18. The maximum Gasteiger partial charge on any atom is 0.192 e. The standard InChI is InChI=1S/C23H18N4S/c24-12-19-17-9-8-16(15-5-2-1-3-6-15)11-18(17)21(20-7-4-10-28-20)23(13-25,14-26)22(19)27/h1-7,9-10,16,18,21H,8,11,27H2/t16-,18-,21+/m0/s1. The third-order valence-electron chi connectivity index (χ3n) is 6.00. The highest BCUT2D eigenvalue weighted by molar-refractivity contribution is 7.10. The molecular formula is C23H18N4S. The van der Waals surface area contributed by atoms with Gasteiger partial charge in [0.2, 0.25) is 0 Å². The molecule has 0 unspecified atom stereocenters. The molecular weight excluding hydrogens is 364 g/mol. The van der Waals surface area contributed by atoms with E-state index in [0.717, 1.165) is 23.3 Å². The molecule has 1 aromatic carbocycles. The lowest BCUT2D eigenvalue weighted by atomic mass is 9.57. The van der Waals surface area contributed by atoms with Gasteiger partial charge in [-0.15, -0.1) is 11.3 Å². The van der Waals surface area contributed by atoms with Gasteiger partial charge in [-0.1, -0.05) is 42.5 Å². The minimum Gasteiger partial charge on any atom is -0.399 e. The van der Waals surface area contributed by atoms with E-state index in [0.29, 0.717) is 5.57 Å². The van der Waals surface area contributed by atoms with Crippen LogP contribution in [0.15, 0.2) is 70.8 Å². The van der Waals surface area contributed by atoms with E-state index in [1.54, 1.807) is 0 Å². The van der Waals surface area contributed by atoms with Crippen molar-refractivity contribution in [1.29, 1.82) is 15.8 Å². The van der Waals surface area contributed by atoms with Crippen molar-refractivity contribution in [2.24, 2.45) is 17.1 Å². The van der Waals surface area contributed by atoms with Crippen LogP contribution in [-0.4, -0.2) is 0 Å². The lowest BCUT2D eigenvalue weighted by Crippen LogP contribution is -2.43. The molecule has 0 saturated heterocycles. The molecule has 5 heteroatoms. The Morgan fingerprint density at radius 1 is 1.04 bits per heavy atom. The number of rotatable bonds is 2. The number of thiophene rings is 1. The summed E-state index contributed by atoms with van der Waals surface area (Å²) in [5.41, 5.74) is 7.33. The van der Waals surface area contributed by atoms with Gasteiger partial charge in [0.1, 0.15) is 6.07 Å². The average Bonchev–Trinajstić information content (AvgIpc) is 3.27. The Kier molecular flexibility index (Phi) is 4.52. The lowest BCUT2D eigenvalue weighted by molar-refractivity contribution is 0.307. The van der Waals surface area contributed by atoms with E-state index >= 15 is 0 Å². The van der Waals surface area contributed by atoms with Crippen molar-refractivity contribution >= 4 is 11.3 Å². The van der Waals surface area contributed by atoms with Gasteiger partial charge in [0, 0.05) is 10.8 Å². The normalized spacial score (nSPS) is 25.6. The largest absolute Gasteiger partial charge is 0.399 e. The van der Waals surface area contributed by atoms with Crippen LogP contribution < -0.4 is 5.73 Å². The van der Waals surface area contributed by atoms with Gasteiger partial charge in [0.15, 0.2) is 5.41 Å². The van der Waals surface area contributed by atoms with Gasteiger partial charge >= 0.3 is 0 Å². The molecule has 136 valence electrons. The number of nitrogens with two attached hydrogens (primary N) is 1. The monoisotopic (exact) mass is 382 g/mol. The Bertz CT molecular complexity index is 1060. The van der Waals surface area contributed by atoms with E-state index < -0.39 is 5.41 Å². The van der Waals surface area contributed by atoms with Crippen LogP contribution >= 0.6 is 11.3 Å². The molecule has 2 aromatic rings. The summed E-state index contributed by atoms with van der Waals surface area (Å²) < 4.78 is 0. The highest BCUT2D eigenvalue weighted by Gasteiger charge is 2.54. The molecule has 1 aromatic heterocycles. The molecule has 0 fully saturated rings. The highest BCUT2D eigenvalue weighted by Crippen LogP contribution is 2.58. The van der Waals surface area contributed by atoms with Gasteiger partial charge in [-0.3, -0.25) is 0 Å². The fourth-order valence-electron chi connectivity index (χ4n) is 4.66. The first-order valence-corrected chi connectivity index (χ1v) is 10.1. The summed E-state index contributed by atoms with van der Waals surface area (Å²) in [4.78, 5) is 0.965. The highest BCUT2D eigenvalue weighted by atomic mass is 32.1. The number of hydrogen-bond acceptors (Lipinski definition) is 5. The summed E-state index contributed by atoms with van der Waals surface area (Å²) in [5.74, 6) is -0.192. The summed E-state index contributed by atoms with van der Waals surface area (Å²) in [6.45, 7) is 0. The molecule has 0 aliphatic heterocycles. The van der Waals surface area contributed by atoms with Gasteiger partial charge in [-0.05, 0) is 47.3 Å². The second-order valence-electron chi connectivity index (χ2n) is 7.27. The fourth-order valence-corrected chi connectivity index (χ4v) is 5.62. The third kappa shape index (κ3) is 2.55. The van der Waals surface area contributed by atoms with Gasteiger partial charge in [0.05, 0.1) is 23.4 Å². The van der Waals surface area contributed by atoms with Crippen molar-refractivity contribution in [2.75, 3.05) is 0 Å². The maximum atomic E-state index is 10.1. The van der Waals surface area contributed by atoms with Gasteiger partial charge in [-0.25, -0.2) is 0 Å². The maximum absolute atomic E-state index is 10.1. The first kappa shape index (κ1) is 18.1. The number of benzene rings is 1. The molecule has 3 atom stereocenters. The Labute approximate surface area is 168 Å². The SMILES string of the molecule is N#CC1=C(N)C(C#N)(C#N)[C@@H](c2cccs2)[C@H]2C[C@@H](c3ccccc3)CC=C12. The molecule has 1 heterocycles. The fraction of sp³-hybridized carbons (Fsp3) is 0.261. The van der Waals surface area contributed by atoms with Crippen molar-refractivity contribution in [3.63, 3.8) is 0 Å². The summed E-state index contributed by atoms with van der Waals surface area (Å²) >= 11 is 1.54. The van der Waals surface area contributed by atoms with Crippen molar-refractivity contribution in [1.82, 2.24) is 0 Å². The third-order valence-corrected chi connectivity index (χ3v) is 6.95. The van der Waals surface area contributed by atoms with E-state index in [-0.39, 0.29) is 23.5 Å². The number of nitrogens with zero attached hydrogens (tertiary/aromatic N) is 3. The summed E-state index contributed by atoms with van der Waals surface area (Å²) in [6, 6.07) is 20.7. The molecule has 2 aliphatic rings. The van der Waals surface area contributed by atoms with Gasteiger partial charge < -0.3 is 5.73 Å². The molecule has 0 saturated carbocycles. The van der Waals surface area contributed by atoms with Gasteiger partial charge in [0.25, 0.3) is 0 Å². The van der Waals surface area contributed by atoms with Crippen molar-refractivity contribution in [3.05, 3.63) is 81.2 Å². The topological polar surface area (TPSA) is 97.4 Å². The molecule has 2 aliphatic carbocycles. The summed E-state index contributed by atoms with van der Waals surface area (Å²) in [5, 5.41) is 31.8. The van der Waals surface area contributed by atoms with Crippen LogP contribution in [-0.2, 0) is 0 Å². The Balaban J connectivity index is 1.91. The molecule has 0 spiro atoms. The van der Waals surface area contributed by atoms with Crippen LogP contribution in [0.4, 0.5) is 0 Å². The summed E-state index contributed by atoms with van der Waals surface area (Å²) in [7, 11) is 0. The molecule has 4 rings (SSSR count). The Morgan fingerprint density at radius 2 is 1.79 bits per heavy atom. The smallest absolute Gasteiger partial charge is 0.192 e. The zero-order valence-corrected chi connectivity index (χ0v) is 16.0. The number of hydrogen-bond donors (Lipinski definition) is 1. The predicted octanol–water partition coefficient (Wildman–Crippen LogP) is 4.74. The van der Waals surface area contributed by atoms with Crippen LogP contribution in [0.25, 0.3) is 0 Å². The first-order chi connectivity index (χ1) is 13.7. The number of fused-ring (bicyclic) bond motifs is 1. The minimum absolute atomic E-state index is 0.0964. The second-order valence-corrected chi connectivity index (χ2v) is 8.25. The van der Waals surface area contributed by atoms with E-state index in [4.69, 9.17) is 5.73 Å². The van der Waals surface area contributed by atoms with Crippen LogP contribution in [0.1, 0.15) is 35.1 Å². The number of nitriles is 3. The summed E-state index contributed by atoms with van der Waals surface area (Å²) in [6.07, 6.45) is 3.69. The second kappa shape index (κ2) is 7.01. The van der Waals surface area contributed by atoms with Crippen LogP contribution in [0.5, 0.6) is 0 Å². The van der Waals surface area contributed by atoms with E-state index in [1.807, 2.05) is 35.7 Å². The molecule has 28 heavy (non-hydrogen) atoms. The van der Waals surface area contributed by atoms with Crippen LogP contribution in [0.3, 0.4) is 0 Å². The molecule has 4 nitrogen and oxygen atoms in total. The van der Waals surface area contributed by atoms with Crippen molar-refractivity contribution in [2.45, 2.75) is 24.7 Å². The van der Waals surface area contributed by atoms with E-state index in [1.165, 1.54) is 16.9 Å². The Hall–Kier alpha value is -3.33. The van der Waals surface area contributed by atoms with Crippen LogP contribution in [0, 0.1) is 45.3 Å². The van der Waals surface area contributed by atoms with Crippen LogP contribution in [0.2, 0.25) is 0 Å². The molecule has 0 radical (unpaired) electrons. The number of allylic oxidation sites excluding steroid dienone is 4. The van der Waals surface area contributed by atoms with E-state index in [2.05, 4.69) is 36.4 Å². The van der Waals surface area contributed by atoms with Gasteiger partial charge in [-0.2, -0.15) is 15.8 Å². The van der Waals surface area contributed by atoms with Crippen molar-refractivity contribution < 1.29 is 0 Å². The minimum atomic E-state index is -1.53. The average molecular weight is 382 g/mol. The quantitative estimate of drug-likeness (QED) is 0.811. The molecule has 2 N–H and O–H groups in total. The molecule has 0 bridgehead atoms. The zero-order valence-electron chi connectivity index (χ0n) is 15.2.